The highest BCUT2D eigenvalue weighted by molar-refractivity contribution is 5.09. The molecular weight excluding hydrogens is 158 g/mol. The van der Waals surface area contributed by atoms with E-state index in [1.165, 1.54) is 31.2 Å². The van der Waals surface area contributed by atoms with Crippen LogP contribution in [0, 0.1) is 5.92 Å². The molecule has 0 radical (unpaired) electrons. The van der Waals surface area contributed by atoms with Crippen molar-refractivity contribution in [3.8, 4) is 0 Å². The fraction of sp³-hybridized carbons (Fsp3) is 0.583. The Hall–Kier alpha value is -0.850. The molecule has 1 aromatic heterocycles. The van der Waals surface area contributed by atoms with Crippen LogP contribution < -0.4 is 0 Å². The van der Waals surface area contributed by atoms with Gasteiger partial charge in [-0.3, -0.25) is 4.98 Å². The topological polar surface area (TPSA) is 12.9 Å². The molecule has 0 amide bonds. The lowest BCUT2D eigenvalue weighted by atomic mass is 9.98. The average molecular weight is 177 g/mol. The van der Waals surface area contributed by atoms with E-state index in [0.29, 0.717) is 0 Å². The first-order valence-electron chi connectivity index (χ1n) is 5.21. The molecule has 0 bridgehead atoms. The van der Waals surface area contributed by atoms with E-state index in [1.54, 1.807) is 0 Å². The third-order valence-corrected chi connectivity index (χ3v) is 2.46. The molecule has 0 fully saturated rings. The molecule has 1 nitrogen and oxygen atoms in total. The number of aromatic nitrogens is 1. The Morgan fingerprint density at radius 1 is 1.23 bits per heavy atom. The van der Waals surface area contributed by atoms with Crippen molar-refractivity contribution in [1.82, 2.24) is 4.98 Å². The average Bonchev–Trinajstić information content (AvgIpc) is 2.17. The number of rotatable bonds is 5. The highest BCUT2D eigenvalue weighted by atomic mass is 14.6. The van der Waals surface area contributed by atoms with Crippen LogP contribution in [0.4, 0.5) is 0 Å². The van der Waals surface area contributed by atoms with Crippen molar-refractivity contribution >= 4 is 0 Å². The molecule has 1 atom stereocenters. The Kier molecular flexibility index (Phi) is 4.52. The summed E-state index contributed by atoms with van der Waals surface area (Å²) in [5.41, 5.74) is 1.41. The zero-order valence-electron chi connectivity index (χ0n) is 8.66. The summed E-state index contributed by atoms with van der Waals surface area (Å²) < 4.78 is 0. The third kappa shape index (κ3) is 4.07. The predicted octanol–water partition coefficient (Wildman–Crippen LogP) is 3.45. The SMILES string of the molecule is CCCC(C)CCc1ccncc1. The molecule has 0 aliphatic heterocycles. The van der Waals surface area contributed by atoms with Gasteiger partial charge in [-0.1, -0.05) is 26.7 Å². The lowest BCUT2D eigenvalue weighted by Gasteiger charge is -2.08. The summed E-state index contributed by atoms with van der Waals surface area (Å²) in [5, 5.41) is 0. The van der Waals surface area contributed by atoms with E-state index in [2.05, 4.69) is 31.0 Å². The molecule has 0 spiro atoms. The van der Waals surface area contributed by atoms with Crippen molar-refractivity contribution in [3.63, 3.8) is 0 Å². The van der Waals surface area contributed by atoms with Crippen molar-refractivity contribution < 1.29 is 0 Å². The molecule has 72 valence electrons. The molecule has 1 unspecified atom stereocenters. The van der Waals surface area contributed by atoms with Gasteiger partial charge in [-0.25, -0.2) is 0 Å². The molecule has 1 aromatic rings. The lowest BCUT2D eigenvalue weighted by molar-refractivity contribution is 0.486. The minimum atomic E-state index is 0.859. The second-order valence-electron chi connectivity index (χ2n) is 3.79. The summed E-state index contributed by atoms with van der Waals surface area (Å²) in [7, 11) is 0. The molecule has 0 saturated heterocycles. The van der Waals surface area contributed by atoms with Gasteiger partial charge in [0.25, 0.3) is 0 Å². The zero-order valence-corrected chi connectivity index (χ0v) is 8.66. The second kappa shape index (κ2) is 5.74. The van der Waals surface area contributed by atoms with E-state index in [9.17, 15) is 0 Å². The van der Waals surface area contributed by atoms with E-state index in [1.807, 2.05) is 12.4 Å². The molecule has 0 saturated carbocycles. The van der Waals surface area contributed by atoms with Crippen LogP contribution in [0.1, 0.15) is 38.7 Å². The van der Waals surface area contributed by atoms with Crippen LogP contribution in [0.15, 0.2) is 24.5 Å². The first-order valence-corrected chi connectivity index (χ1v) is 5.21. The smallest absolute Gasteiger partial charge is 0.0270 e. The van der Waals surface area contributed by atoms with Crippen molar-refractivity contribution in [2.75, 3.05) is 0 Å². The maximum atomic E-state index is 4.01. The van der Waals surface area contributed by atoms with Crippen molar-refractivity contribution in [2.24, 2.45) is 5.92 Å². The molecule has 0 aliphatic rings. The van der Waals surface area contributed by atoms with Gasteiger partial charge in [-0.05, 0) is 36.5 Å². The summed E-state index contributed by atoms with van der Waals surface area (Å²) in [4.78, 5) is 4.01. The Morgan fingerprint density at radius 3 is 2.54 bits per heavy atom. The van der Waals surface area contributed by atoms with E-state index < -0.39 is 0 Å². The standard InChI is InChI=1S/C12H19N/c1-3-4-11(2)5-6-12-7-9-13-10-8-12/h7-11H,3-6H2,1-2H3. The van der Waals surface area contributed by atoms with Gasteiger partial charge < -0.3 is 0 Å². The number of nitrogens with zero attached hydrogens (tertiary/aromatic N) is 1. The maximum absolute atomic E-state index is 4.01. The quantitative estimate of drug-likeness (QED) is 0.671. The zero-order chi connectivity index (χ0) is 9.52. The van der Waals surface area contributed by atoms with Crippen molar-refractivity contribution in [2.45, 2.75) is 39.5 Å². The predicted molar refractivity (Wildman–Crippen MR) is 56.6 cm³/mol. The minimum absolute atomic E-state index is 0.859. The van der Waals surface area contributed by atoms with Crippen LogP contribution in [0.3, 0.4) is 0 Å². The molecule has 0 aliphatic carbocycles. The van der Waals surface area contributed by atoms with Gasteiger partial charge in [0.05, 0.1) is 0 Å². The van der Waals surface area contributed by atoms with Gasteiger partial charge in [-0.2, -0.15) is 0 Å². The number of aryl methyl sites for hydroxylation is 1. The Balaban J connectivity index is 2.27. The Labute approximate surface area is 81.2 Å². The Morgan fingerprint density at radius 2 is 1.92 bits per heavy atom. The number of pyridine rings is 1. The van der Waals surface area contributed by atoms with Gasteiger partial charge in [0.1, 0.15) is 0 Å². The number of hydrogen-bond acceptors (Lipinski definition) is 1. The highest BCUT2D eigenvalue weighted by Crippen LogP contribution is 2.13. The van der Waals surface area contributed by atoms with Gasteiger partial charge >= 0.3 is 0 Å². The normalized spacial score (nSPS) is 12.8. The first kappa shape index (κ1) is 10.2. The summed E-state index contributed by atoms with van der Waals surface area (Å²) >= 11 is 0. The summed E-state index contributed by atoms with van der Waals surface area (Å²) in [6.07, 6.45) is 8.91. The Bertz CT molecular complexity index is 218. The van der Waals surface area contributed by atoms with Gasteiger partial charge in [0.2, 0.25) is 0 Å². The summed E-state index contributed by atoms with van der Waals surface area (Å²) in [6.45, 7) is 4.59. The van der Waals surface area contributed by atoms with Crippen LogP contribution >= 0.6 is 0 Å². The van der Waals surface area contributed by atoms with Gasteiger partial charge in [-0.15, -0.1) is 0 Å². The lowest BCUT2D eigenvalue weighted by Crippen LogP contribution is -1.96. The molecule has 0 aromatic carbocycles. The second-order valence-corrected chi connectivity index (χ2v) is 3.79. The summed E-state index contributed by atoms with van der Waals surface area (Å²) in [6, 6.07) is 4.22. The van der Waals surface area contributed by atoms with E-state index >= 15 is 0 Å². The van der Waals surface area contributed by atoms with Gasteiger partial charge in [0.15, 0.2) is 0 Å². The van der Waals surface area contributed by atoms with Gasteiger partial charge in [0, 0.05) is 12.4 Å². The fourth-order valence-corrected chi connectivity index (χ4v) is 1.60. The van der Waals surface area contributed by atoms with Crippen LogP contribution in [-0.4, -0.2) is 4.98 Å². The minimum Gasteiger partial charge on any atom is -0.265 e. The molecule has 0 N–H and O–H groups in total. The highest BCUT2D eigenvalue weighted by Gasteiger charge is 2.00. The van der Waals surface area contributed by atoms with Crippen LogP contribution in [0.2, 0.25) is 0 Å². The van der Waals surface area contributed by atoms with Crippen LogP contribution in [-0.2, 0) is 6.42 Å². The largest absolute Gasteiger partial charge is 0.265 e. The number of hydrogen-bond donors (Lipinski definition) is 0. The third-order valence-electron chi connectivity index (χ3n) is 2.46. The molecule has 1 heteroatoms. The van der Waals surface area contributed by atoms with Crippen LogP contribution in [0.25, 0.3) is 0 Å². The van der Waals surface area contributed by atoms with E-state index in [-0.39, 0.29) is 0 Å². The molecule has 13 heavy (non-hydrogen) atoms. The van der Waals surface area contributed by atoms with Crippen LogP contribution in [0.5, 0.6) is 0 Å². The molecule has 1 rings (SSSR count). The molecule has 1 heterocycles. The van der Waals surface area contributed by atoms with Crippen molar-refractivity contribution in [1.29, 1.82) is 0 Å². The monoisotopic (exact) mass is 177 g/mol. The van der Waals surface area contributed by atoms with E-state index in [0.717, 1.165) is 5.92 Å². The maximum Gasteiger partial charge on any atom is 0.0270 e. The first-order chi connectivity index (χ1) is 6.33. The van der Waals surface area contributed by atoms with E-state index in [4.69, 9.17) is 0 Å². The van der Waals surface area contributed by atoms with Crippen molar-refractivity contribution in [3.05, 3.63) is 30.1 Å². The molecular formula is C12H19N. The fourth-order valence-electron chi connectivity index (χ4n) is 1.60. The summed E-state index contributed by atoms with van der Waals surface area (Å²) in [5.74, 6) is 0.859.